The molecule has 0 bridgehead atoms. The summed E-state index contributed by atoms with van der Waals surface area (Å²) in [6.07, 6.45) is 0.365. The number of aromatic nitrogens is 6. The first kappa shape index (κ1) is 14.5. The molecular formula is C11H16N6O2S. The smallest absolute Gasteiger partial charge is 0.331 e. The van der Waals surface area contributed by atoms with E-state index < -0.39 is 11.5 Å². The fourth-order valence-electron chi connectivity index (χ4n) is 1.78. The predicted molar refractivity (Wildman–Crippen MR) is 72.4 cm³/mol. The first-order valence-corrected chi connectivity index (χ1v) is 7.04. The summed E-state index contributed by atoms with van der Waals surface area (Å²) < 4.78 is 5.27. The fourth-order valence-corrected chi connectivity index (χ4v) is 2.57. The van der Waals surface area contributed by atoms with Gasteiger partial charge in [-0.05, 0) is 41.2 Å². The molecule has 108 valence electrons. The highest BCUT2D eigenvalue weighted by Crippen LogP contribution is 2.32. The van der Waals surface area contributed by atoms with E-state index in [2.05, 4.69) is 25.1 Å². The van der Waals surface area contributed by atoms with Crippen molar-refractivity contribution >= 4 is 17.5 Å². The number of carboxylic acid groups (broad SMARTS) is 1. The second kappa shape index (κ2) is 5.23. The summed E-state index contributed by atoms with van der Waals surface area (Å²) >= 11 is 1.17. The molecule has 9 heteroatoms. The van der Waals surface area contributed by atoms with Gasteiger partial charge in [-0.2, -0.15) is 0 Å². The Labute approximate surface area is 120 Å². The summed E-state index contributed by atoms with van der Waals surface area (Å²) in [4.78, 5) is 12.3. The summed E-state index contributed by atoms with van der Waals surface area (Å²) in [6, 6.07) is 0. The minimum atomic E-state index is -1.20. The lowest BCUT2D eigenvalue weighted by Gasteiger charge is -2.23. The SMILES string of the molecule is CCC(C)(C(=O)O)n1nnnc1-c1snnc1C(C)C. The predicted octanol–water partition coefficient (Wildman–Crippen LogP) is 1.52. The summed E-state index contributed by atoms with van der Waals surface area (Å²) in [7, 11) is 0. The normalized spacial score (nSPS) is 14.4. The van der Waals surface area contributed by atoms with E-state index in [-0.39, 0.29) is 5.92 Å². The lowest BCUT2D eigenvalue weighted by Crippen LogP contribution is -2.39. The summed E-state index contributed by atoms with van der Waals surface area (Å²) in [6.45, 7) is 7.36. The molecule has 2 aromatic heterocycles. The van der Waals surface area contributed by atoms with Gasteiger partial charge < -0.3 is 5.11 Å². The van der Waals surface area contributed by atoms with Crippen LogP contribution in [0.5, 0.6) is 0 Å². The maximum Gasteiger partial charge on any atom is 0.331 e. The third kappa shape index (κ3) is 2.17. The molecule has 20 heavy (non-hydrogen) atoms. The molecule has 2 heterocycles. The highest BCUT2D eigenvalue weighted by atomic mass is 32.1. The van der Waals surface area contributed by atoms with Crippen molar-refractivity contribution in [3.8, 4) is 10.7 Å². The Kier molecular flexibility index (Phi) is 3.80. The van der Waals surface area contributed by atoms with Gasteiger partial charge in [0.05, 0.1) is 5.69 Å². The zero-order chi connectivity index (χ0) is 14.9. The molecule has 1 unspecified atom stereocenters. The van der Waals surface area contributed by atoms with Gasteiger partial charge in [-0.1, -0.05) is 25.3 Å². The van der Waals surface area contributed by atoms with E-state index in [0.717, 1.165) is 5.69 Å². The minimum absolute atomic E-state index is 0.159. The van der Waals surface area contributed by atoms with Crippen LogP contribution in [0.2, 0.25) is 0 Å². The number of aliphatic carboxylic acids is 1. The van der Waals surface area contributed by atoms with Crippen LogP contribution in [0, 0.1) is 0 Å². The highest BCUT2D eigenvalue weighted by molar-refractivity contribution is 7.09. The van der Waals surface area contributed by atoms with Gasteiger partial charge in [-0.15, -0.1) is 10.2 Å². The standard InChI is InChI=1S/C11H16N6O2S/c1-5-11(4,10(18)19)17-9(13-14-15-17)8-7(6(2)3)12-16-20-8/h6H,5H2,1-4H3,(H,18,19). The maximum atomic E-state index is 11.5. The molecule has 0 aliphatic heterocycles. The fraction of sp³-hybridized carbons (Fsp3) is 0.636. The van der Waals surface area contributed by atoms with Gasteiger partial charge in [0.2, 0.25) is 0 Å². The van der Waals surface area contributed by atoms with E-state index in [9.17, 15) is 9.90 Å². The van der Waals surface area contributed by atoms with Crippen molar-refractivity contribution in [2.24, 2.45) is 0 Å². The van der Waals surface area contributed by atoms with Crippen LogP contribution in [0.25, 0.3) is 10.7 Å². The van der Waals surface area contributed by atoms with Crippen molar-refractivity contribution < 1.29 is 9.90 Å². The number of rotatable bonds is 5. The first-order valence-electron chi connectivity index (χ1n) is 6.26. The van der Waals surface area contributed by atoms with Crippen molar-refractivity contribution in [2.45, 2.75) is 45.6 Å². The van der Waals surface area contributed by atoms with E-state index in [4.69, 9.17) is 0 Å². The Morgan fingerprint density at radius 2 is 2.15 bits per heavy atom. The quantitative estimate of drug-likeness (QED) is 0.891. The monoisotopic (exact) mass is 296 g/mol. The molecular weight excluding hydrogens is 280 g/mol. The average molecular weight is 296 g/mol. The van der Waals surface area contributed by atoms with Crippen molar-refractivity contribution in [3.05, 3.63) is 5.69 Å². The van der Waals surface area contributed by atoms with Crippen LogP contribution in [0.1, 0.15) is 45.7 Å². The van der Waals surface area contributed by atoms with Gasteiger partial charge in [-0.25, -0.2) is 9.48 Å². The van der Waals surface area contributed by atoms with Crippen molar-refractivity contribution in [1.29, 1.82) is 0 Å². The Bertz CT molecular complexity index is 622. The molecule has 0 saturated heterocycles. The number of carbonyl (C=O) groups is 1. The molecule has 0 fully saturated rings. The van der Waals surface area contributed by atoms with Crippen LogP contribution in [0.15, 0.2) is 0 Å². The molecule has 1 N–H and O–H groups in total. The summed E-state index contributed by atoms with van der Waals surface area (Å²) in [5, 5.41) is 25.0. The van der Waals surface area contributed by atoms with Crippen LogP contribution in [-0.4, -0.2) is 40.9 Å². The molecule has 0 aliphatic rings. The van der Waals surface area contributed by atoms with E-state index in [1.807, 2.05) is 13.8 Å². The average Bonchev–Trinajstić information content (AvgIpc) is 3.05. The highest BCUT2D eigenvalue weighted by Gasteiger charge is 2.38. The van der Waals surface area contributed by atoms with Crippen molar-refractivity contribution in [3.63, 3.8) is 0 Å². The van der Waals surface area contributed by atoms with E-state index in [1.54, 1.807) is 13.8 Å². The second-order valence-corrected chi connectivity index (χ2v) is 5.74. The number of hydrogen-bond acceptors (Lipinski definition) is 7. The molecule has 0 aromatic carbocycles. The Morgan fingerprint density at radius 1 is 1.45 bits per heavy atom. The summed E-state index contributed by atoms with van der Waals surface area (Å²) in [5.41, 5.74) is -0.424. The topological polar surface area (TPSA) is 107 Å². The molecule has 2 aromatic rings. The number of nitrogens with zero attached hydrogens (tertiary/aromatic N) is 6. The first-order chi connectivity index (χ1) is 9.41. The zero-order valence-electron chi connectivity index (χ0n) is 11.7. The van der Waals surface area contributed by atoms with Crippen LogP contribution < -0.4 is 0 Å². The van der Waals surface area contributed by atoms with Crippen molar-refractivity contribution in [2.75, 3.05) is 0 Å². The molecule has 0 radical (unpaired) electrons. The van der Waals surface area contributed by atoms with Gasteiger partial charge in [0.25, 0.3) is 0 Å². The zero-order valence-corrected chi connectivity index (χ0v) is 12.5. The largest absolute Gasteiger partial charge is 0.479 e. The lowest BCUT2D eigenvalue weighted by molar-refractivity contribution is -0.147. The molecule has 0 saturated carbocycles. The van der Waals surface area contributed by atoms with Gasteiger partial charge in [-0.3, -0.25) is 0 Å². The van der Waals surface area contributed by atoms with Gasteiger partial charge in [0, 0.05) is 0 Å². The molecule has 2 rings (SSSR count). The third-order valence-corrected chi connectivity index (χ3v) is 4.09. The lowest BCUT2D eigenvalue weighted by atomic mass is 9.99. The number of tetrazole rings is 1. The molecule has 0 amide bonds. The second-order valence-electron chi connectivity index (χ2n) is 4.99. The van der Waals surface area contributed by atoms with Crippen LogP contribution in [0.3, 0.4) is 0 Å². The Morgan fingerprint density at radius 3 is 2.70 bits per heavy atom. The van der Waals surface area contributed by atoms with Gasteiger partial charge >= 0.3 is 5.97 Å². The number of carboxylic acids is 1. The third-order valence-electron chi connectivity index (χ3n) is 3.35. The maximum absolute atomic E-state index is 11.5. The molecule has 1 atom stereocenters. The van der Waals surface area contributed by atoms with E-state index in [0.29, 0.717) is 17.1 Å². The number of hydrogen-bond donors (Lipinski definition) is 1. The van der Waals surface area contributed by atoms with Gasteiger partial charge in [0.1, 0.15) is 4.88 Å². The van der Waals surface area contributed by atoms with E-state index >= 15 is 0 Å². The Balaban J connectivity index is 2.59. The minimum Gasteiger partial charge on any atom is -0.479 e. The van der Waals surface area contributed by atoms with Gasteiger partial charge in [0.15, 0.2) is 11.4 Å². The molecule has 0 spiro atoms. The molecule has 0 aliphatic carbocycles. The molecule has 8 nitrogen and oxygen atoms in total. The van der Waals surface area contributed by atoms with E-state index in [1.165, 1.54) is 16.2 Å². The summed E-state index contributed by atoms with van der Waals surface area (Å²) in [5.74, 6) is -0.417. The van der Waals surface area contributed by atoms with Crippen molar-refractivity contribution in [1.82, 2.24) is 29.8 Å². The van der Waals surface area contributed by atoms with Crippen LogP contribution >= 0.6 is 11.5 Å². The Hall–Kier alpha value is -1.90. The van der Waals surface area contributed by atoms with Crippen LogP contribution in [0.4, 0.5) is 0 Å². The van der Waals surface area contributed by atoms with Crippen LogP contribution in [-0.2, 0) is 10.3 Å².